The molecule has 0 N–H and O–H groups in total. The summed E-state index contributed by atoms with van der Waals surface area (Å²) in [6.07, 6.45) is 11.8. The van der Waals surface area contributed by atoms with Crippen LogP contribution in [-0.4, -0.2) is 40.5 Å². The maximum absolute atomic E-state index is 6.77. The van der Waals surface area contributed by atoms with Gasteiger partial charge in [-0.25, -0.2) is 0 Å². The van der Waals surface area contributed by atoms with E-state index in [9.17, 15) is 0 Å². The van der Waals surface area contributed by atoms with Gasteiger partial charge in [-0.1, -0.05) is 13.8 Å². The zero-order valence-electron chi connectivity index (χ0n) is 20.8. The van der Waals surface area contributed by atoms with Crippen molar-refractivity contribution in [3.8, 4) is 0 Å². The van der Waals surface area contributed by atoms with Gasteiger partial charge in [-0.2, -0.15) is 0 Å². The Hall–Kier alpha value is 0.314. The van der Waals surface area contributed by atoms with E-state index in [1.54, 1.807) is 0 Å². The summed E-state index contributed by atoms with van der Waals surface area (Å²) in [7, 11) is -3.00. The molecule has 5 fully saturated rings. The maximum Gasteiger partial charge on any atom is 0.184 e. The Kier molecular flexibility index (Phi) is 4.93. The quantitative estimate of drug-likeness (QED) is 0.357. The average molecular weight is 451 g/mol. The number of fused-ring (bicyclic) bond motifs is 4. The minimum Gasteiger partial charge on any atom is -0.415 e. The Bertz CT molecular complexity index is 699. The molecule has 1 spiro atoms. The molecule has 4 aliphatic carbocycles. The van der Waals surface area contributed by atoms with E-state index < -0.39 is 16.6 Å². The lowest BCUT2D eigenvalue weighted by molar-refractivity contribution is -0.118. The molecule has 0 radical (unpaired) electrons. The fraction of sp³-hybridized carbons (Fsp3) is 1.00. The van der Waals surface area contributed by atoms with Gasteiger partial charge in [0.2, 0.25) is 0 Å². The fourth-order valence-electron chi connectivity index (χ4n) is 8.81. The van der Waals surface area contributed by atoms with Crippen molar-refractivity contribution in [2.24, 2.45) is 28.6 Å². The van der Waals surface area contributed by atoms with Gasteiger partial charge in [0.25, 0.3) is 0 Å². The van der Waals surface area contributed by atoms with E-state index in [4.69, 9.17) is 13.6 Å². The average Bonchev–Trinajstić information content (AvgIpc) is 3.19. The first-order valence-corrected chi connectivity index (χ1v) is 19.6. The molecule has 172 valence electrons. The van der Waals surface area contributed by atoms with Crippen LogP contribution in [0.5, 0.6) is 0 Å². The predicted octanol–water partition coefficient (Wildman–Crippen LogP) is 6.60. The molecular formula is C25H46O3Si2. The van der Waals surface area contributed by atoms with Crippen molar-refractivity contribution >= 4 is 16.6 Å². The smallest absolute Gasteiger partial charge is 0.184 e. The van der Waals surface area contributed by atoms with Gasteiger partial charge in [-0.05, 0) is 107 Å². The molecule has 1 heterocycles. The van der Waals surface area contributed by atoms with Crippen molar-refractivity contribution in [2.75, 3.05) is 0 Å². The highest BCUT2D eigenvalue weighted by Crippen LogP contribution is 2.73. The molecule has 1 aliphatic heterocycles. The van der Waals surface area contributed by atoms with Gasteiger partial charge < -0.3 is 13.6 Å². The van der Waals surface area contributed by atoms with Gasteiger partial charge in [0, 0.05) is 17.9 Å². The van der Waals surface area contributed by atoms with Crippen LogP contribution in [0.1, 0.15) is 65.2 Å². The molecule has 1 saturated heterocycles. The molecule has 7 unspecified atom stereocenters. The van der Waals surface area contributed by atoms with Crippen molar-refractivity contribution in [1.29, 1.82) is 0 Å². The lowest BCUT2D eigenvalue weighted by Gasteiger charge is -2.59. The molecule has 9 atom stereocenters. The van der Waals surface area contributed by atoms with E-state index in [1.165, 1.54) is 44.9 Å². The van der Waals surface area contributed by atoms with Crippen molar-refractivity contribution < 1.29 is 13.6 Å². The minimum atomic E-state index is -1.50. The van der Waals surface area contributed by atoms with Gasteiger partial charge in [0.15, 0.2) is 16.6 Å². The number of hydrogen-bond donors (Lipinski definition) is 0. The molecular weight excluding hydrogens is 404 g/mol. The zero-order chi connectivity index (χ0) is 21.7. The third-order valence-electron chi connectivity index (χ3n) is 9.97. The Balaban J connectivity index is 1.37. The molecule has 0 aromatic carbocycles. The summed E-state index contributed by atoms with van der Waals surface area (Å²) < 4.78 is 20.1. The predicted molar refractivity (Wildman–Crippen MR) is 128 cm³/mol. The second kappa shape index (κ2) is 6.68. The SMILES string of the molecule is CC12CCC3C(CC4OC45C[C@@H](O[Si](C)(C)C)CCC35C)C1CC[C@H]2O[Si](C)(C)C. The summed E-state index contributed by atoms with van der Waals surface area (Å²) in [4.78, 5) is 0. The highest BCUT2D eigenvalue weighted by Gasteiger charge is 2.76. The third kappa shape index (κ3) is 3.27. The molecule has 5 rings (SSSR count). The van der Waals surface area contributed by atoms with Crippen LogP contribution in [0.4, 0.5) is 0 Å². The van der Waals surface area contributed by atoms with E-state index in [1.807, 2.05) is 0 Å². The number of hydrogen-bond acceptors (Lipinski definition) is 3. The molecule has 5 aliphatic rings. The van der Waals surface area contributed by atoms with E-state index in [0.29, 0.717) is 29.1 Å². The van der Waals surface area contributed by atoms with Crippen LogP contribution in [0.3, 0.4) is 0 Å². The minimum absolute atomic E-state index is 0.136. The summed E-state index contributed by atoms with van der Waals surface area (Å²) in [6, 6.07) is 0. The normalized spacial score (nSPS) is 52.8. The standard InChI is InChI=1S/C25H46O3Si2/c1-23-13-12-20-18(19(23)9-10-21(23)28-30(6,7)8)15-22-25(26-22)16-17(27-29(3,4)5)11-14-24(20,25)2/h17-22H,9-16H2,1-8H3/t17-,18?,19?,20?,21+,22?,23?,24?,25?/m0/s1. The summed E-state index contributed by atoms with van der Waals surface area (Å²) in [5.74, 6) is 2.53. The van der Waals surface area contributed by atoms with Gasteiger partial charge in [0.1, 0.15) is 5.60 Å². The molecule has 0 bridgehead atoms. The van der Waals surface area contributed by atoms with Crippen LogP contribution in [0.15, 0.2) is 0 Å². The van der Waals surface area contributed by atoms with Gasteiger partial charge in [-0.15, -0.1) is 0 Å². The largest absolute Gasteiger partial charge is 0.415 e. The van der Waals surface area contributed by atoms with E-state index in [0.717, 1.165) is 24.2 Å². The van der Waals surface area contributed by atoms with Crippen LogP contribution in [0.25, 0.3) is 0 Å². The third-order valence-corrected chi connectivity index (χ3v) is 12.0. The Morgan fingerprint density at radius 1 is 0.800 bits per heavy atom. The highest BCUT2D eigenvalue weighted by atomic mass is 28.4. The Morgan fingerprint density at radius 2 is 1.50 bits per heavy atom. The van der Waals surface area contributed by atoms with Crippen LogP contribution in [0, 0.1) is 28.6 Å². The van der Waals surface area contributed by atoms with Crippen LogP contribution < -0.4 is 0 Å². The first-order valence-electron chi connectivity index (χ1n) is 12.8. The second-order valence-corrected chi connectivity index (χ2v) is 22.9. The zero-order valence-corrected chi connectivity index (χ0v) is 22.8. The second-order valence-electron chi connectivity index (χ2n) is 14.0. The lowest BCUT2D eigenvalue weighted by Crippen LogP contribution is -2.59. The lowest BCUT2D eigenvalue weighted by atomic mass is 9.45. The van der Waals surface area contributed by atoms with Gasteiger partial charge in [0.05, 0.1) is 12.2 Å². The molecule has 0 aromatic heterocycles. The number of ether oxygens (including phenoxy) is 1. The number of epoxide rings is 1. The summed E-state index contributed by atoms with van der Waals surface area (Å²) in [5.41, 5.74) is 0.890. The first kappa shape index (κ1) is 22.1. The molecule has 0 aromatic rings. The van der Waals surface area contributed by atoms with Gasteiger partial charge >= 0.3 is 0 Å². The van der Waals surface area contributed by atoms with E-state index >= 15 is 0 Å². The van der Waals surface area contributed by atoms with Crippen molar-refractivity contribution in [3.05, 3.63) is 0 Å². The topological polar surface area (TPSA) is 31.0 Å². The highest BCUT2D eigenvalue weighted by molar-refractivity contribution is 6.70. The van der Waals surface area contributed by atoms with E-state index in [-0.39, 0.29) is 5.60 Å². The maximum atomic E-state index is 6.77. The summed E-state index contributed by atoms with van der Waals surface area (Å²) in [6.45, 7) is 19.3. The van der Waals surface area contributed by atoms with E-state index in [2.05, 4.69) is 53.1 Å². The van der Waals surface area contributed by atoms with Crippen LogP contribution in [0.2, 0.25) is 39.3 Å². The Labute approximate surface area is 187 Å². The summed E-state index contributed by atoms with van der Waals surface area (Å²) >= 11 is 0. The molecule has 0 amide bonds. The van der Waals surface area contributed by atoms with Gasteiger partial charge in [-0.3, -0.25) is 0 Å². The van der Waals surface area contributed by atoms with Crippen LogP contribution >= 0.6 is 0 Å². The van der Waals surface area contributed by atoms with Crippen LogP contribution in [-0.2, 0) is 13.6 Å². The van der Waals surface area contributed by atoms with Crippen molar-refractivity contribution in [3.63, 3.8) is 0 Å². The molecule has 30 heavy (non-hydrogen) atoms. The molecule has 3 nitrogen and oxygen atoms in total. The summed E-state index contributed by atoms with van der Waals surface area (Å²) in [5, 5.41) is 0. The molecule has 5 heteroatoms. The van der Waals surface area contributed by atoms with Crippen molar-refractivity contribution in [1.82, 2.24) is 0 Å². The fourth-order valence-corrected chi connectivity index (χ4v) is 11.3. The number of rotatable bonds is 4. The van der Waals surface area contributed by atoms with Crippen molar-refractivity contribution in [2.45, 2.75) is 128 Å². The first-order chi connectivity index (χ1) is 13.8. The molecule has 4 saturated carbocycles. The monoisotopic (exact) mass is 450 g/mol. The Morgan fingerprint density at radius 3 is 2.17 bits per heavy atom.